The van der Waals surface area contributed by atoms with E-state index in [0.29, 0.717) is 5.69 Å². The minimum atomic E-state index is -0.720. The lowest BCUT2D eigenvalue weighted by molar-refractivity contribution is -0.385. The summed E-state index contributed by atoms with van der Waals surface area (Å²) >= 11 is 0. The first-order chi connectivity index (χ1) is 9.09. The Bertz CT molecular complexity index is 629. The SMILES string of the molecule is [2H]c1cccc(C(=O)Nc2ccccc2)c1[N+](=O)[O-]. The van der Waals surface area contributed by atoms with Gasteiger partial charge in [-0.25, -0.2) is 0 Å². The smallest absolute Gasteiger partial charge is 0.282 e. The van der Waals surface area contributed by atoms with E-state index in [2.05, 4.69) is 5.32 Å². The van der Waals surface area contributed by atoms with Crippen molar-refractivity contribution in [1.29, 1.82) is 0 Å². The number of nitro groups is 1. The summed E-state index contributed by atoms with van der Waals surface area (Å²) in [6, 6.07) is 12.4. The van der Waals surface area contributed by atoms with Crippen LogP contribution in [0.2, 0.25) is 0 Å². The van der Waals surface area contributed by atoms with E-state index < -0.39 is 16.5 Å². The highest BCUT2D eigenvalue weighted by atomic mass is 16.6. The lowest BCUT2D eigenvalue weighted by Gasteiger charge is -2.05. The molecule has 0 bridgehead atoms. The summed E-state index contributed by atoms with van der Waals surface area (Å²) in [7, 11) is 0. The maximum Gasteiger partial charge on any atom is 0.282 e. The molecule has 0 aliphatic carbocycles. The number of amides is 1. The van der Waals surface area contributed by atoms with Crippen LogP contribution in [0.15, 0.2) is 54.6 Å². The molecule has 2 aromatic carbocycles. The van der Waals surface area contributed by atoms with Gasteiger partial charge in [0.1, 0.15) is 5.56 Å². The molecule has 5 nitrogen and oxygen atoms in total. The highest BCUT2D eigenvalue weighted by Gasteiger charge is 2.18. The van der Waals surface area contributed by atoms with Gasteiger partial charge in [-0.3, -0.25) is 14.9 Å². The summed E-state index contributed by atoms with van der Waals surface area (Å²) in [5.41, 5.74) is -0.0746. The van der Waals surface area contributed by atoms with Crippen LogP contribution in [0.3, 0.4) is 0 Å². The zero-order chi connectivity index (χ0) is 13.8. The molecule has 0 heterocycles. The van der Waals surface area contributed by atoms with Gasteiger partial charge >= 0.3 is 0 Å². The average molecular weight is 243 g/mol. The van der Waals surface area contributed by atoms with E-state index in [1.165, 1.54) is 18.2 Å². The van der Waals surface area contributed by atoms with Crippen molar-refractivity contribution in [1.82, 2.24) is 0 Å². The quantitative estimate of drug-likeness (QED) is 0.665. The maximum absolute atomic E-state index is 12.0. The molecule has 0 aliphatic rings. The first-order valence-electron chi connectivity index (χ1n) is 5.70. The molecule has 0 radical (unpaired) electrons. The number of para-hydroxylation sites is 2. The summed E-state index contributed by atoms with van der Waals surface area (Å²) < 4.78 is 7.49. The molecule has 2 aromatic rings. The second kappa shape index (κ2) is 5.09. The van der Waals surface area contributed by atoms with Crippen LogP contribution in [0.4, 0.5) is 11.4 Å². The number of nitrogens with one attached hydrogen (secondary N) is 1. The van der Waals surface area contributed by atoms with Crippen molar-refractivity contribution in [3.8, 4) is 0 Å². The number of carbonyl (C=O) groups is 1. The molecule has 0 unspecified atom stereocenters. The number of benzene rings is 2. The maximum atomic E-state index is 12.0. The minimum Gasteiger partial charge on any atom is -0.322 e. The Hall–Kier alpha value is -2.69. The molecule has 0 fully saturated rings. The Labute approximate surface area is 105 Å². The van der Waals surface area contributed by atoms with Gasteiger partial charge in [0.25, 0.3) is 11.6 Å². The molecule has 5 heteroatoms. The fraction of sp³-hybridized carbons (Fsp3) is 0. The number of carbonyl (C=O) groups excluding carboxylic acids is 1. The lowest BCUT2D eigenvalue weighted by atomic mass is 10.1. The molecule has 90 valence electrons. The van der Waals surface area contributed by atoms with Gasteiger partial charge < -0.3 is 5.32 Å². The average Bonchev–Trinajstić information content (AvgIpc) is 2.39. The molecule has 2 rings (SSSR count). The third-order valence-corrected chi connectivity index (χ3v) is 2.29. The van der Waals surface area contributed by atoms with Gasteiger partial charge in [0.05, 0.1) is 6.29 Å². The monoisotopic (exact) mass is 243 g/mol. The lowest BCUT2D eigenvalue weighted by Crippen LogP contribution is -2.13. The summed E-state index contributed by atoms with van der Waals surface area (Å²) in [5.74, 6) is -0.605. The van der Waals surface area contributed by atoms with Crippen molar-refractivity contribution in [2.75, 3.05) is 5.32 Å². The molecule has 0 spiro atoms. The number of nitrogens with zero attached hydrogens (tertiary/aromatic N) is 1. The molecule has 0 atom stereocenters. The van der Waals surface area contributed by atoms with E-state index in [-0.39, 0.29) is 11.6 Å². The Balaban J connectivity index is 2.35. The number of hydrogen-bond donors (Lipinski definition) is 1. The molecule has 0 aromatic heterocycles. The van der Waals surface area contributed by atoms with Crippen LogP contribution in [0.5, 0.6) is 0 Å². The van der Waals surface area contributed by atoms with E-state index in [1.54, 1.807) is 30.3 Å². The number of rotatable bonds is 3. The van der Waals surface area contributed by atoms with Crippen LogP contribution in [0, 0.1) is 10.1 Å². The standard InChI is InChI=1S/C13H10N2O3/c16-13(14-10-6-2-1-3-7-10)11-8-4-5-9-12(11)15(17)18/h1-9H,(H,14,16)/i9D. The van der Waals surface area contributed by atoms with Crippen molar-refractivity contribution in [2.45, 2.75) is 0 Å². The second-order valence-electron chi connectivity index (χ2n) is 3.51. The normalized spacial score (nSPS) is 10.6. The van der Waals surface area contributed by atoms with Gasteiger partial charge in [0.15, 0.2) is 0 Å². The van der Waals surface area contributed by atoms with E-state index in [1.807, 2.05) is 0 Å². The molecular formula is C13H10N2O3. The zero-order valence-electron chi connectivity index (χ0n) is 10.3. The van der Waals surface area contributed by atoms with Crippen LogP contribution in [-0.4, -0.2) is 10.8 Å². The second-order valence-corrected chi connectivity index (χ2v) is 3.51. The Kier molecular flexibility index (Phi) is 2.96. The fourth-order valence-corrected chi connectivity index (χ4v) is 1.48. The third kappa shape index (κ3) is 2.52. The van der Waals surface area contributed by atoms with Gasteiger partial charge in [-0.2, -0.15) is 0 Å². The minimum absolute atomic E-state index is 0.124. The molecule has 0 aliphatic heterocycles. The topological polar surface area (TPSA) is 72.2 Å². The fourth-order valence-electron chi connectivity index (χ4n) is 1.48. The van der Waals surface area contributed by atoms with Crippen molar-refractivity contribution in [3.05, 3.63) is 70.3 Å². The van der Waals surface area contributed by atoms with Gasteiger partial charge in [0, 0.05) is 11.7 Å². The summed E-state index contributed by atoms with van der Waals surface area (Å²) in [6.45, 7) is 0. The number of anilines is 1. The van der Waals surface area contributed by atoms with Crippen LogP contribution in [0.1, 0.15) is 11.7 Å². The Morgan fingerprint density at radius 3 is 2.50 bits per heavy atom. The highest BCUT2D eigenvalue weighted by Crippen LogP contribution is 2.19. The van der Waals surface area contributed by atoms with Gasteiger partial charge in [0.2, 0.25) is 0 Å². The molecule has 0 saturated carbocycles. The van der Waals surface area contributed by atoms with Crippen molar-refractivity contribution in [3.63, 3.8) is 0 Å². The van der Waals surface area contributed by atoms with Crippen LogP contribution in [0.25, 0.3) is 0 Å². The predicted molar refractivity (Wildman–Crippen MR) is 67.5 cm³/mol. The largest absolute Gasteiger partial charge is 0.322 e. The van der Waals surface area contributed by atoms with E-state index >= 15 is 0 Å². The Morgan fingerprint density at radius 2 is 1.83 bits per heavy atom. The van der Waals surface area contributed by atoms with E-state index in [9.17, 15) is 14.9 Å². The summed E-state index contributed by atoms with van der Waals surface area (Å²) in [6.07, 6.45) is 0. The van der Waals surface area contributed by atoms with Crippen LogP contribution in [-0.2, 0) is 0 Å². The molecule has 0 saturated heterocycles. The van der Waals surface area contributed by atoms with Crippen LogP contribution < -0.4 is 5.32 Å². The molecule has 18 heavy (non-hydrogen) atoms. The number of hydrogen-bond acceptors (Lipinski definition) is 3. The third-order valence-electron chi connectivity index (χ3n) is 2.29. The summed E-state index contributed by atoms with van der Waals surface area (Å²) in [4.78, 5) is 22.2. The summed E-state index contributed by atoms with van der Waals surface area (Å²) in [5, 5.41) is 13.5. The van der Waals surface area contributed by atoms with Crippen molar-refractivity contribution < 1.29 is 11.1 Å². The van der Waals surface area contributed by atoms with Crippen molar-refractivity contribution in [2.24, 2.45) is 0 Å². The van der Waals surface area contributed by atoms with Gasteiger partial charge in [-0.05, 0) is 18.2 Å². The van der Waals surface area contributed by atoms with Gasteiger partial charge in [-0.1, -0.05) is 30.3 Å². The highest BCUT2D eigenvalue weighted by molar-refractivity contribution is 6.06. The molecule has 1 amide bonds. The number of nitro benzene ring substituents is 1. The van der Waals surface area contributed by atoms with Crippen molar-refractivity contribution >= 4 is 17.3 Å². The predicted octanol–water partition coefficient (Wildman–Crippen LogP) is 2.85. The van der Waals surface area contributed by atoms with Gasteiger partial charge in [-0.15, -0.1) is 0 Å². The molecule has 1 N–H and O–H groups in total. The molecular weight excluding hydrogens is 232 g/mol. The first kappa shape index (κ1) is 10.5. The first-order valence-corrected chi connectivity index (χ1v) is 5.20. The van der Waals surface area contributed by atoms with Crippen LogP contribution >= 0.6 is 0 Å². The Morgan fingerprint density at radius 1 is 1.17 bits per heavy atom. The van der Waals surface area contributed by atoms with E-state index in [4.69, 9.17) is 1.37 Å². The van der Waals surface area contributed by atoms with E-state index in [0.717, 1.165) is 0 Å². The zero-order valence-corrected chi connectivity index (χ0v) is 9.29.